The molecule has 0 radical (unpaired) electrons. The Morgan fingerprint density at radius 2 is 1.89 bits per heavy atom. The summed E-state index contributed by atoms with van der Waals surface area (Å²) in [6.07, 6.45) is 1.12. The molecule has 1 aromatic rings. The van der Waals surface area contributed by atoms with Crippen LogP contribution in [0.4, 0.5) is 0 Å². The van der Waals surface area contributed by atoms with E-state index in [2.05, 4.69) is 18.7 Å². The molecule has 0 aliphatic rings. The average Bonchev–Trinajstić information content (AvgIpc) is 2.37. The van der Waals surface area contributed by atoms with Crippen LogP contribution in [0.1, 0.15) is 37.6 Å². The van der Waals surface area contributed by atoms with Crippen LogP contribution in [0.15, 0.2) is 24.3 Å². The van der Waals surface area contributed by atoms with E-state index in [0.717, 1.165) is 24.3 Å². The van der Waals surface area contributed by atoms with Gasteiger partial charge in [0.15, 0.2) is 5.78 Å². The van der Waals surface area contributed by atoms with Crippen molar-refractivity contribution in [3.05, 3.63) is 29.8 Å². The second-order valence-electron chi connectivity index (χ2n) is 5.30. The van der Waals surface area contributed by atoms with E-state index in [1.54, 1.807) is 0 Å². The highest BCUT2D eigenvalue weighted by molar-refractivity contribution is 5.97. The smallest absolute Gasteiger partial charge is 0.176 e. The largest absolute Gasteiger partial charge is 0.494 e. The molecule has 3 heteroatoms. The minimum Gasteiger partial charge on any atom is -0.494 e. The molecule has 0 aliphatic heterocycles. The Kier molecular flexibility index (Phi) is 6.57. The van der Waals surface area contributed by atoms with Crippen molar-refractivity contribution >= 4 is 5.78 Å². The van der Waals surface area contributed by atoms with Crippen molar-refractivity contribution in [3.63, 3.8) is 0 Å². The fourth-order valence-electron chi connectivity index (χ4n) is 1.80. The van der Waals surface area contributed by atoms with Gasteiger partial charge in [0, 0.05) is 5.56 Å². The summed E-state index contributed by atoms with van der Waals surface area (Å²) in [6, 6.07) is 7.38. The molecule has 19 heavy (non-hydrogen) atoms. The Labute approximate surface area is 116 Å². The van der Waals surface area contributed by atoms with Gasteiger partial charge in [-0.1, -0.05) is 13.8 Å². The van der Waals surface area contributed by atoms with E-state index >= 15 is 0 Å². The van der Waals surface area contributed by atoms with Crippen LogP contribution >= 0.6 is 0 Å². The molecule has 3 nitrogen and oxygen atoms in total. The highest BCUT2D eigenvalue weighted by Gasteiger charge is 2.09. The predicted octanol–water partition coefficient (Wildman–Crippen LogP) is 3.25. The molecule has 0 aromatic heterocycles. The Bertz CT molecular complexity index is 384. The second-order valence-corrected chi connectivity index (χ2v) is 5.30. The summed E-state index contributed by atoms with van der Waals surface area (Å²) in [6.45, 7) is 8.42. The SMILES string of the molecule is CCOc1ccc(C(=O)CN(C)CCC(C)C)cc1. The maximum Gasteiger partial charge on any atom is 0.176 e. The number of rotatable bonds is 8. The molecule has 0 atom stereocenters. The summed E-state index contributed by atoms with van der Waals surface area (Å²) in [5.41, 5.74) is 0.750. The monoisotopic (exact) mass is 263 g/mol. The topological polar surface area (TPSA) is 29.5 Å². The van der Waals surface area contributed by atoms with Gasteiger partial charge in [-0.25, -0.2) is 0 Å². The number of nitrogens with zero attached hydrogens (tertiary/aromatic N) is 1. The highest BCUT2D eigenvalue weighted by atomic mass is 16.5. The minimum atomic E-state index is 0.161. The number of hydrogen-bond acceptors (Lipinski definition) is 3. The van der Waals surface area contributed by atoms with Gasteiger partial charge in [0.25, 0.3) is 0 Å². The first-order valence-corrected chi connectivity index (χ1v) is 6.97. The molecule has 106 valence electrons. The number of carbonyl (C=O) groups excluding carboxylic acids is 1. The molecular formula is C16H25NO2. The van der Waals surface area contributed by atoms with Crippen molar-refractivity contribution in [1.82, 2.24) is 4.90 Å². The number of hydrogen-bond donors (Lipinski definition) is 0. The van der Waals surface area contributed by atoms with E-state index in [4.69, 9.17) is 4.74 Å². The molecular weight excluding hydrogens is 238 g/mol. The molecule has 1 rings (SSSR count). The van der Waals surface area contributed by atoms with Crippen molar-refractivity contribution in [3.8, 4) is 5.75 Å². The maximum atomic E-state index is 12.1. The van der Waals surface area contributed by atoms with E-state index in [1.807, 2.05) is 38.2 Å². The van der Waals surface area contributed by atoms with E-state index in [1.165, 1.54) is 0 Å². The lowest BCUT2D eigenvalue weighted by atomic mass is 10.1. The number of likely N-dealkylation sites (N-methyl/N-ethyl adjacent to an activating group) is 1. The van der Waals surface area contributed by atoms with Crippen LogP contribution in [-0.2, 0) is 0 Å². The summed E-state index contributed by atoms with van der Waals surface area (Å²) in [5, 5.41) is 0. The zero-order valence-electron chi connectivity index (χ0n) is 12.5. The van der Waals surface area contributed by atoms with Gasteiger partial charge < -0.3 is 4.74 Å². The predicted molar refractivity (Wildman–Crippen MR) is 78.9 cm³/mol. The van der Waals surface area contributed by atoms with Crippen molar-refractivity contribution < 1.29 is 9.53 Å². The van der Waals surface area contributed by atoms with Gasteiger partial charge in [-0.2, -0.15) is 0 Å². The van der Waals surface area contributed by atoms with Gasteiger partial charge >= 0.3 is 0 Å². The lowest BCUT2D eigenvalue weighted by Crippen LogP contribution is -2.27. The van der Waals surface area contributed by atoms with E-state index < -0.39 is 0 Å². The Morgan fingerprint density at radius 1 is 1.26 bits per heavy atom. The average molecular weight is 263 g/mol. The second kappa shape index (κ2) is 7.95. The van der Waals surface area contributed by atoms with E-state index in [9.17, 15) is 4.79 Å². The number of ketones is 1. The number of Topliss-reactive ketones (excluding diaryl/α,β-unsaturated/α-hetero) is 1. The van der Waals surface area contributed by atoms with Crippen LogP contribution in [0.5, 0.6) is 5.75 Å². The van der Waals surface area contributed by atoms with Crippen LogP contribution in [0.25, 0.3) is 0 Å². The Morgan fingerprint density at radius 3 is 2.42 bits per heavy atom. The third kappa shape index (κ3) is 5.88. The standard InChI is InChI=1S/C16H25NO2/c1-5-19-15-8-6-14(7-9-15)16(18)12-17(4)11-10-13(2)3/h6-9,13H,5,10-12H2,1-4H3. The van der Waals surface area contributed by atoms with Gasteiger partial charge in [-0.15, -0.1) is 0 Å². The normalized spacial score (nSPS) is 11.1. The summed E-state index contributed by atoms with van der Waals surface area (Å²) in [7, 11) is 1.99. The molecule has 0 aliphatic carbocycles. The first kappa shape index (κ1) is 15.7. The van der Waals surface area contributed by atoms with Gasteiger partial charge in [-0.3, -0.25) is 9.69 Å². The van der Waals surface area contributed by atoms with Crippen LogP contribution < -0.4 is 4.74 Å². The van der Waals surface area contributed by atoms with Gasteiger partial charge in [0.2, 0.25) is 0 Å². The summed E-state index contributed by atoms with van der Waals surface area (Å²) in [5.74, 6) is 1.64. The zero-order valence-corrected chi connectivity index (χ0v) is 12.5. The van der Waals surface area contributed by atoms with E-state index in [-0.39, 0.29) is 5.78 Å². The summed E-state index contributed by atoms with van der Waals surface area (Å²) >= 11 is 0. The minimum absolute atomic E-state index is 0.161. The fraction of sp³-hybridized carbons (Fsp3) is 0.562. The van der Waals surface area contributed by atoms with Crippen LogP contribution in [0.2, 0.25) is 0 Å². The van der Waals surface area contributed by atoms with Gasteiger partial charge in [-0.05, 0) is 57.1 Å². The quantitative estimate of drug-likeness (QED) is 0.674. The number of benzene rings is 1. The zero-order chi connectivity index (χ0) is 14.3. The van der Waals surface area contributed by atoms with Crippen LogP contribution in [-0.4, -0.2) is 37.4 Å². The van der Waals surface area contributed by atoms with Crippen molar-refractivity contribution in [2.45, 2.75) is 27.2 Å². The summed E-state index contributed by atoms with van der Waals surface area (Å²) < 4.78 is 5.36. The lowest BCUT2D eigenvalue weighted by Gasteiger charge is -2.17. The van der Waals surface area contributed by atoms with Crippen molar-refractivity contribution in [2.75, 3.05) is 26.7 Å². The molecule has 0 unspecified atom stereocenters. The molecule has 0 saturated carbocycles. The lowest BCUT2D eigenvalue weighted by molar-refractivity contribution is 0.0944. The van der Waals surface area contributed by atoms with Crippen LogP contribution in [0.3, 0.4) is 0 Å². The highest BCUT2D eigenvalue weighted by Crippen LogP contribution is 2.13. The van der Waals surface area contributed by atoms with E-state index in [0.29, 0.717) is 19.1 Å². The maximum absolute atomic E-state index is 12.1. The Balaban J connectivity index is 2.48. The molecule has 0 fully saturated rings. The Hall–Kier alpha value is -1.35. The molecule has 0 heterocycles. The number of carbonyl (C=O) groups is 1. The fourth-order valence-corrected chi connectivity index (χ4v) is 1.80. The molecule has 1 aromatic carbocycles. The van der Waals surface area contributed by atoms with Crippen LogP contribution in [0, 0.1) is 5.92 Å². The molecule has 0 N–H and O–H groups in total. The molecule has 0 spiro atoms. The first-order valence-electron chi connectivity index (χ1n) is 6.97. The molecule has 0 bridgehead atoms. The molecule has 0 saturated heterocycles. The third-order valence-corrected chi connectivity index (χ3v) is 2.99. The van der Waals surface area contributed by atoms with Gasteiger partial charge in [0.1, 0.15) is 5.75 Å². The van der Waals surface area contributed by atoms with Gasteiger partial charge in [0.05, 0.1) is 13.2 Å². The van der Waals surface area contributed by atoms with Crippen molar-refractivity contribution in [2.24, 2.45) is 5.92 Å². The first-order chi connectivity index (χ1) is 9.02. The van der Waals surface area contributed by atoms with Crippen molar-refractivity contribution in [1.29, 1.82) is 0 Å². The molecule has 0 amide bonds. The summed E-state index contributed by atoms with van der Waals surface area (Å²) in [4.78, 5) is 14.2. The number of ether oxygens (including phenoxy) is 1. The third-order valence-electron chi connectivity index (χ3n) is 2.99.